The number of ether oxygens (including phenoxy) is 2. The highest BCUT2D eigenvalue weighted by Gasteiger charge is 2.22. The number of hydrogen-bond donors (Lipinski definition) is 1. The van der Waals surface area contributed by atoms with E-state index in [2.05, 4.69) is 21.6 Å². The highest BCUT2D eigenvalue weighted by molar-refractivity contribution is 6.06. The second-order valence-electron chi connectivity index (χ2n) is 8.76. The lowest BCUT2D eigenvalue weighted by Gasteiger charge is -2.28. The largest absolute Gasteiger partial charge is 0.491 e. The first-order valence-electron chi connectivity index (χ1n) is 11.9. The van der Waals surface area contributed by atoms with Crippen molar-refractivity contribution < 1.29 is 19.4 Å². The first kappa shape index (κ1) is 23.3. The number of benzene rings is 2. The molecule has 1 aliphatic rings. The maximum Gasteiger partial charge on any atom is 0.340 e. The van der Waals surface area contributed by atoms with Crippen LogP contribution in [0.1, 0.15) is 47.8 Å². The standard InChI is InChI=1S/C27H34N2O4/c1-3-32-27(31)26-20(2)29(17-21-10-6-4-7-11-21)25-13-12-23(16-24(25)26)33-19-22(30)18-28-14-8-5-9-15-28/h4,6-7,10-13,16,22,30H,3,5,8-9,14-15,17-19H2,1-2H3/t22-/m1/s1. The van der Waals surface area contributed by atoms with Crippen molar-refractivity contribution >= 4 is 16.9 Å². The van der Waals surface area contributed by atoms with Gasteiger partial charge in [-0.05, 0) is 63.5 Å². The van der Waals surface area contributed by atoms with Crippen LogP contribution in [-0.4, -0.2) is 59.5 Å². The number of likely N-dealkylation sites (tertiary alicyclic amines) is 1. The van der Waals surface area contributed by atoms with Gasteiger partial charge in [0.1, 0.15) is 18.5 Å². The summed E-state index contributed by atoms with van der Waals surface area (Å²) in [6, 6.07) is 16.0. The van der Waals surface area contributed by atoms with Gasteiger partial charge in [-0.2, -0.15) is 0 Å². The Bertz CT molecular complexity index is 1070. The molecule has 0 spiro atoms. The number of carbonyl (C=O) groups excluding carboxylic acids is 1. The van der Waals surface area contributed by atoms with Gasteiger partial charge in [-0.1, -0.05) is 36.8 Å². The first-order chi connectivity index (χ1) is 16.1. The van der Waals surface area contributed by atoms with Crippen LogP contribution in [0.15, 0.2) is 48.5 Å². The zero-order chi connectivity index (χ0) is 23.2. The molecule has 3 aromatic rings. The molecule has 1 aliphatic heterocycles. The molecule has 0 unspecified atom stereocenters. The summed E-state index contributed by atoms with van der Waals surface area (Å²) in [6.45, 7) is 7.69. The summed E-state index contributed by atoms with van der Waals surface area (Å²) >= 11 is 0. The van der Waals surface area contributed by atoms with Gasteiger partial charge in [-0.15, -0.1) is 0 Å². The van der Waals surface area contributed by atoms with E-state index in [4.69, 9.17) is 9.47 Å². The number of aliphatic hydroxyl groups excluding tert-OH is 1. The second-order valence-corrected chi connectivity index (χ2v) is 8.76. The van der Waals surface area contributed by atoms with Gasteiger partial charge in [0, 0.05) is 29.7 Å². The monoisotopic (exact) mass is 450 g/mol. The van der Waals surface area contributed by atoms with Gasteiger partial charge in [-0.25, -0.2) is 4.79 Å². The molecule has 33 heavy (non-hydrogen) atoms. The average Bonchev–Trinajstić information content (AvgIpc) is 3.10. The molecule has 0 bridgehead atoms. The Labute approximate surface area is 195 Å². The third-order valence-corrected chi connectivity index (χ3v) is 6.32. The Morgan fingerprint density at radius 3 is 2.58 bits per heavy atom. The molecule has 6 nitrogen and oxygen atoms in total. The number of fused-ring (bicyclic) bond motifs is 1. The molecule has 0 aliphatic carbocycles. The molecule has 2 heterocycles. The topological polar surface area (TPSA) is 63.9 Å². The van der Waals surface area contributed by atoms with Gasteiger partial charge in [0.2, 0.25) is 0 Å². The predicted octanol–water partition coefficient (Wildman–Crippen LogP) is 4.40. The molecule has 1 aromatic heterocycles. The molecule has 1 N–H and O–H groups in total. The number of hydrogen-bond acceptors (Lipinski definition) is 5. The number of rotatable bonds is 9. The molecule has 0 amide bonds. The van der Waals surface area contributed by atoms with Crippen LogP contribution in [0.2, 0.25) is 0 Å². The van der Waals surface area contributed by atoms with Crippen molar-refractivity contribution in [3.05, 3.63) is 65.4 Å². The Kier molecular flexibility index (Phi) is 7.68. The van der Waals surface area contributed by atoms with Crippen molar-refractivity contribution in [2.24, 2.45) is 0 Å². The van der Waals surface area contributed by atoms with Crippen LogP contribution < -0.4 is 4.74 Å². The summed E-state index contributed by atoms with van der Waals surface area (Å²) in [4.78, 5) is 15.1. The zero-order valence-corrected chi connectivity index (χ0v) is 19.6. The van der Waals surface area contributed by atoms with Crippen LogP contribution in [0, 0.1) is 6.92 Å². The van der Waals surface area contributed by atoms with Crippen molar-refractivity contribution in [3.8, 4) is 5.75 Å². The molecule has 0 saturated carbocycles. The quantitative estimate of drug-likeness (QED) is 0.490. The van der Waals surface area contributed by atoms with Crippen molar-refractivity contribution in [2.75, 3.05) is 32.8 Å². The smallest absolute Gasteiger partial charge is 0.340 e. The highest BCUT2D eigenvalue weighted by Crippen LogP contribution is 2.31. The van der Waals surface area contributed by atoms with Crippen molar-refractivity contribution in [2.45, 2.75) is 45.8 Å². The first-order valence-corrected chi connectivity index (χ1v) is 11.9. The van der Waals surface area contributed by atoms with E-state index in [-0.39, 0.29) is 12.6 Å². The van der Waals surface area contributed by atoms with E-state index in [9.17, 15) is 9.90 Å². The fourth-order valence-corrected chi connectivity index (χ4v) is 4.67. The van der Waals surface area contributed by atoms with Crippen LogP contribution in [0.3, 0.4) is 0 Å². The predicted molar refractivity (Wildman–Crippen MR) is 130 cm³/mol. The Balaban J connectivity index is 1.57. The van der Waals surface area contributed by atoms with Crippen LogP contribution in [0.4, 0.5) is 0 Å². The van der Waals surface area contributed by atoms with Crippen LogP contribution in [0.5, 0.6) is 5.75 Å². The second kappa shape index (κ2) is 10.9. The van der Waals surface area contributed by atoms with E-state index in [0.717, 1.165) is 35.2 Å². The molecule has 1 fully saturated rings. The minimum atomic E-state index is -0.548. The minimum absolute atomic E-state index is 0.223. The van der Waals surface area contributed by atoms with E-state index >= 15 is 0 Å². The van der Waals surface area contributed by atoms with E-state index in [1.807, 2.05) is 50.2 Å². The van der Waals surface area contributed by atoms with Gasteiger partial charge in [0.15, 0.2) is 0 Å². The summed E-state index contributed by atoms with van der Waals surface area (Å²) in [5, 5.41) is 11.3. The summed E-state index contributed by atoms with van der Waals surface area (Å²) in [7, 11) is 0. The maximum absolute atomic E-state index is 12.8. The average molecular weight is 451 g/mol. The summed E-state index contributed by atoms with van der Waals surface area (Å²) < 4.78 is 13.5. The van der Waals surface area contributed by atoms with Gasteiger partial charge < -0.3 is 24.0 Å². The van der Waals surface area contributed by atoms with Crippen molar-refractivity contribution in [3.63, 3.8) is 0 Å². The maximum atomic E-state index is 12.8. The van der Waals surface area contributed by atoms with Crippen LogP contribution in [0.25, 0.3) is 10.9 Å². The van der Waals surface area contributed by atoms with Crippen molar-refractivity contribution in [1.82, 2.24) is 9.47 Å². The lowest BCUT2D eigenvalue weighted by atomic mass is 10.1. The van der Waals surface area contributed by atoms with Gasteiger partial charge in [-0.3, -0.25) is 0 Å². The number of esters is 1. The summed E-state index contributed by atoms with van der Waals surface area (Å²) in [5.41, 5.74) is 3.56. The molecule has 4 rings (SSSR count). The van der Waals surface area contributed by atoms with E-state index in [1.54, 1.807) is 0 Å². The number of nitrogens with zero attached hydrogens (tertiary/aromatic N) is 2. The van der Waals surface area contributed by atoms with E-state index in [0.29, 0.717) is 31.0 Å². The molecule has 2 aromatic carbocycles. The van der Waals surface area contributed by atoms with Crippen LogP contribution in [-0.2, 0) is 11.3 Å². The highest BCUT2D eigenvalue weighted by atomic mass is 16.5. The zero-order valence-electron chi connectivity index (χ0n) is 19.6. The Hall–Kier alpha value is -2.83. The van der Waals surface area contributed by atoms with E-state index < -0.39 is 6.10 Å². The van der Waals surface area contributed by atoms with Gasteiger partial charge in [0.05, 0.1) is 12.2 Å². The molecule has 0 radical (unpaired) electrons. The van der Waals surface area contributed by atoms with E-state index in [1.165, 1.54) is 19.3 Å². The number of piperidine rings is 1. The summed E-state index contributed by atoms with van der Waals surface area (Å²) in [5.74, 6) is 0.316. The number of β-amino-alcohol motifs (C(OH)–C–C–N with tert-alkyl or cyclic N) is 1. The van der Waals surface area contributed by atoms with Gasteiger partial charge in [0.25, 0.3) is 0 Å². The number of aromatic nitrogens is 1. The normalized spacial score (nSPS) is 15.5. The molecular weight excluding hydrogens is 416 g/mol. The fraction of sp³-hybridized carbons (Fsp3) is 0.444. The third kappa shape index (κ3) is 5.57. The Morgan fingerprint density at radius 2 is 1.85 bits per heavy atom. The minimum Gasteiger partial charge on any atom is -0.491 e. The number of carbonyl (C=O) groups is 1. The number of aliphatic hydroxyl groups is 1. The summed E-state index contributed by atoms with van der Waals surface area (Å²) in [6.07, 6.45) is 3.11. The lowest BCUT2D eigenvalue weighted by Crippen LogP contribution is -2.38. The molecule has 1 atom stereocenters. The van der Waals surface area contributed by atoms with Crippen LogP contribution >= 0.6 is 0 Å². The van der Waals surface area contributed by atoms with Crippen molar-refractivity contribution in [1.29, 1.82) is 0 Å². The lowest BCUT2D eigenvalue weighted by molar-refractivity contribution is 0.0527. The SMILES string of the molecule is CCOC(=O)c1c(C)n(Cc2ccccc2)c2ccc(OC[C@H](O)CN3CCCCC3)cc12. The molecule has 6 heteroatoms. The third-order valence-electron chi connectivity index (χ3n) is 6.32. The molecule has 176 valence electrons. The molecule has 1 saturated heterocycles. The molecular formula is C27H34N2O4. The van der Waals surface area contributed by atoms with Gasteiger partial charge >= 0.3 is 5.97 Å². The fourth-order valence-electron chi connectivity index (χ4n) is 4.67. The Morgan fingerprint density at radius 1 is 1.09 bits per heavy atom.